The van der Waals surface area contributed by atoms with E-state index in [1.807, 2.05) is 45.9 Å². The first-order valence-electron chi connectivity index (χ1n) is 6.42. The Bertz CT molecular complexity index is 393. The van der Waals surface area contributed by atoms with E-state index in [0.29, 0.717) is 13.2 Å². The summed E-state index contributed by atoms with van der Waals surface area (Å²) < 4.78 is 10.8. The second-order valence-electron chi connectivity index (χ2n) is 4.29. The Balaban J connectivity index is 2.73. The largest absolute Gasteiger partial charge is 0.352 e. The molecule has 1 rings (SSSR count). The molecule has 0 aliphatic rings. The van der Waals surface area contributed by atoms with E-state index in [-0.39, 0.29) is 12.2 Å². The third kappa shape index (κ3) is 4.24. The van der Waals surface area contributed by atoms with Gasteiger partial charge in [0.1, 0.15) is 0 Å². The van der Waals surface area contributed by atoms with E-state index in [0.717, 1.165) is 16.7 Å². The summed E-state index contributed by atoms with van der Waals surface area (Å²) in [4.78, 5) is 12.2. The van der Waals surface area contributed by atoms with E-state index >= 15 is 0 Å². The maximum atomic E-state index is 12.2. The van der Waals surface area contributed by atoms with Gasteiger partial charge in [-0.25, -0.2) is 0 Å². The summed E-state index contributed by atoms with van der Waals surface area (Å²) in [5.74, 6) is 0.0689. The molecule has 0 saturated heterocycles. The van der Waals surface area contributed by atoms with Crippen LogP contribution in [0.2, 0.25) is 0 Å². The SMILES string of the molecule is CCOC(CC(=O)c1ccc(C)cc1C)OCC. The minimum Gasteiger partial charge on any atom is -0.352 e. The Kier molecular flexibility index (Phi) is 6.02. The number of Topliss-reactive ketones (excluding diaryl/α,β-unsaturated/α-hetero) is 1. The van der Waals surface area contributed by atoms with Crippen LogP contribution in [-0.2, 0) is 9.47 Å². The van der Waals surface area contributed by atoms with Crippen molar-refractivity contribution in [2.24, 2.45) is 0 Å². The lowest BCUT2D eigenvalue weighted by Crippen LogP contribution is -2.21. The highest BCUT2D eigenvalue weighted by molar-refractivity contribution is 5.97. The van der Waals surface area contributed by atoms with Crippen molar-refractivity contribution in [3.05, 3.63) is 34.9 Å². The molecule has 0 aliphatic carbocycles. The standard InChI is InChI=1S/C15H22O3/c1-5-17-15(18-6-2)10-14(16)13-8-7-11(3)9-12(13)4/h7-9,15H,5-6,10H2,1-4H3. The molecule has 1 aromatic rings. The normalized spacial score (nSPS) is 10.9. The van der Waals surface area contributed by atoms with E-state index in [4.69, 9.17) is 9.47 Å². The van der Waals surface area contributed by atoms with Crippen LogP contribution in [0.15, 0.2) is 18.2 Å². The molecule has 0 atom stereocenters. The average molecular weight is 250 g/mol. The fourth-order valence-electron chi connectivity index (χ4n) is 1.93. The molecule has 100 valence electrons. The molecule has 0 aromatic heterocycles. The lowest BCUT2D eigenvalue weighted by Gasteiger charge is -2.16. The van der Waals surface area contributed by atoms with Crippen LogP contribution in [-0.4, -0.2) is 25.3 Å². The van der Waals surface area contributed by atoms with Gasteiger partial charge in [-0.2, -0.15) is 0 Å². The predicted molar refractivity (Wildman–Crippen MR) is 71.9 cm³/mol. The third-order valence-electron chi connectivity index (χ3n) is 2.74. The van der Waals surface area contributed by atoms with Gasteiger partial charge in [-0.15, -0.1) is 0 Å². The minimum atomic E-state index is -0.437. The van der Waals surface area contributed by atoms with Crippen LogP contribution in [0.5, 0.6) is 0 Å². The van der Waals surface area contributed by atoms with Crippen LogP contribution < -0.4 is 0 Å². The lowest BCUT2D eigenvalue weighted by molar-refractivity contribution is -0.133. The first kappa shape index (κ1) is 14.9. The summed E-state index contributed by atoms with van der Waals surface area (Å²) in [6.45, 7) is 8.86. The number of ether oxygens (including phenoxy) is 2. The van der Waals surface area contributed by atoms with Crippen LogP contribution in [0.3, 0.4) is 0 Å². The summed E-state index contributed by atoms with van der Waals surface area (Å²) in [5.41, 5.74) is 2.92. The van der Waals surface area contributed by atoms with Gasteiger partial charge in [0, 0.05) is 18.8 Å². The molecule has 0 aliphatic heterocycles. The zero-order valence-electron chi connectivity index (χ0n) is 11.7. The summed E-state index contributed by atoms with van der Waals surface area (Å²) >= 11 is 0. The lowest BCUT2D eigenvalue weighted by atomic mass is 10.0. The number of hydrogen-bond donors (Lipinski definition) is 0. The summed E-state index contributed by atoms with van der Waals surface area (Å²) in [6, 6.07) is 5.85. The zero-order valence-corrected chi connectivity index (χ0v) is 11.7. The molecule has 1 aromatic carbocycles. The van der Waals surface area contributed by atoms with E-state index in [2.05, 4.69) is 0 Å². The number of aryl methyl sites for hydroxylation is 2. The molecule has 3 nitrogen and oxygen atoms in total. The van der Waals surface area contributed by atoms with E-state index < -0.39 is 6.29 Å². The van der Waals surface area contributed by atoms with Gasteiger partial charge in [0.25, 0.3) is 0 Å². The number of ketones is 1. The van der Waals surface area contributed by atoms with Crippen molar-refractivity contribution in [2.45, 2.75) is 40.4 Å². The molecule has 0 radical (unpaired) electrons. The molecule has 18 heavy (non-hydrogen) atoms. The van der Waals surface area contributed by atoms with Crippen molar-refractivity contribution in [3.63, 3.8) is 0 Å². The van der Waals surface area contributed by atoms with Crippen LogP contribution >= 0.6 is 0 Å². The summed E-state index contributed by atoms with van der Waals surface area (Å²) in [7, 11) is 0. The number of carbonyl (C=O) groups excluding carboxylic acids is 1. The van der Waals surface area contributed by atoms with Gasteiger partial charge in [-0.1, -0.05) is 23.8 Å². The number of carbonyl (C=O) groups is 1. The summed E-state index contributed by atoms with van der Waals surface area (Å²) in [6.07, 6.45) is -0.167. The Morgan fingerprint density at radius 3 is 2.28 bits per heavy atom. The van der Waals surface area contributed by atoms with Crippen molar-refractivity contribution in [2.75, 3.05) is 13.2 Å². The Hall–Kier alpha value is -1.19. The second-order valence-corrected chi connectivity index (χ2v) is 4.29. The van der Waals surface area contributed by atoms with Crippen molar-refractivity contribution in [1.29, 1.82) is 0 Å². The quantitative estimate of drug-likeness (QED) is 0.550. The maximum Gasteiger partial charge on any atom is 0.168 e. The Morgan fingerprint density at radius 1 is 1.17 bits per heavy atom. The molecular formula is C15H22O3. The number of benzene rings is 1. The second kappa shape index (κ2) is 7.29. The van der Waals surface area contributed by atoms with Crippen LogP contribution in [0, 0.1) is 13.8 Å². The summed E-state index contributed by atoms with van der Waals surface area (Å²) in [5, 5.41) is 0. The molecule has 0 N–H and O–H groups in total. The van der Waals surface area contributed by atoms with Crippen molar-refractivity contribution in [3.8, 4) is 0 Å². The fourth-order valence-corrected chi connectivity index (χ4v) is 1.93. The van der Waals surface area contributed by atoms with Gasteiger partial charge in [0.05, 0.1) is 6.42 Å². The molecule has 0 bridgehead atoms. The molecule has 0 spiro atoms. The van der Waals surface area contributed by atoms with Gasteiger partial charge >= 0.3 is 0 Å². The monoisotopic (exact) mass is 250 g/mol. The third-order valence-corrected chi connectivity index (χ3v) is 2.74. The van der Waals surface area contributed by atoms with Crippen molar-refractivity contribution >= 4 is 5.78 Å². The zero-order chi connectivity index (χ0) is 13.5. The fraction of sp³-hybridized carbons (Fsp3) is 0.533. The van der Waals surface area contributed by atoms with Crippen molar-refractivity contribution in [1.82, 2.24) is 0 Å². The van der Waals surface area contributed by atoms with E-state index in [1.165, 1.54) is 0 Å². The van der Waals surface area contributed by atoms with E-state index in [1.54, 1.807) is 0 Å². The van der Waals surface area contributed by atoms with Gasteiger partial charge in [0.15, 0.2) is 12.1 Å². The van der Waals surface area contributed by atoms with Gasteiger partial charge < -0.3 is 9.47 Å². The molecule has 0 unspecified atom stereocenters. The molecule has 0 saturated carbocycles. The molecule has 0 fully saturated rings. The smallest absolute Gasteiger partial charge is 0.168 e. The van der Waals surface area contributed by atoms with Gasteiger partial charge in [0.2, 0.25) is 0 Å². The predicted octanol–water partition coefficient (Wildman–Crippen LogP) is 3.28. The average Bonchev–Trinajstić information content (AvgIpc) is 2.29. The van der Waals surface area contributed by atoms with Crippen molar-refractivity contribution < 1.29 is 14.3 Å². The van der Waals surface area contributed by atoms with Gasteiger partial charge in [-0.3, -0.25) is 4.79 Å². The highest BCUT2D eigenvalue weighted by Crippen LogP contribution is 2.15. The molecule has 3 heteroatoms. The molecule has 0 heterocycles. The van der Waals surface area contributed by atoms with Crippen LogP contribution in [0.4, 0.5) is 0 Å². The first-order chi connectivity index (χ1) is 8.58. The van der Waals surface area contributed by atoms with Crippen LogP contribution in [0.1, 0.15) is 41.8 Å². The number of rotatable bonds is 7. The Labute approximate surface area is 109 Å². The maximum absolute atomic E-state index is 12.2. The highest BCUT2D eigenvalue weighted by atomic mass is 16.7. The number of hydrogen-bond acceptors (Lipinski definition) is 3. The first-order valence-corrected chi connectivity index (χ1v) is 6.42. The minimum absolute atomic E-state index is 0.0689. The highest BCUT2D eigenvalue weighted by Gasteiger charge is 2.16. The van der Waals surface area contributed by atoms with Gasteiger partial charge in [-0.05, 0) is 33.3 Å². The topological polar surface area (TPSA) is 35.5 Å². The van der Waals surface area contributed by atoms with Crippen LogP contribution in [0.25, 0.3) is 0 Å². The Morgan fingerprint density at radius 2 is 1.78 bits per heavy atom. The molecule has 0 amide bonds. The van der Waals surface area contributed by atoms with E-state index in [9.17, 15) is 4.79 Å². The molecular weight excluding hydrogens is 228 g/mol.